The van der Waals surface area contributed by atoms with Gasteiger partial charge in [-0.25, -0.2) is 8.42 Å². The number of rotatable bonds is 6. The molecule has 0 bridgehead atoms. The van der Waals surface area contributed by atoms with Gasteiger partial charge in [0.2, 0.25) is 0 Å². The summed E-state index contributed by atoms with van der Waals surface area (Å²) in [6, 6.07) is 13.8. The molecule has 0 amide bonds. The number of Topliss-reactive ketones (excluding diaryl/α,β-unsaturated/α-hetero) is 1. The van der Waals surface area contributed by atoms with Crippen LogP contribution < -0.4 is 0 Å². The van der Waals surface area contributed by atoms with Gasteiger partial charge in [-0.15, -0.1) is 0 Å². The van der Waals surface area contributed by atoms with Crippen LogP contribution in [0.1, 0.15) is 21.5 Å². The number of hydrogen-bond donors (Lipinski definition) is 1. The van der Waals surface area contributed by atoms with E-state index in [0.717, 1.165) is 11.1 Å². The Bertz CT molecular complexity index is 762. The third-order valence-electron chi connectivity index (χ3n) is 3.35. The minimum absolute atomic E-state index is 0.0164. The zero-order chi connectivity index (χ0) is 16.2. The lowest BCUT2D eigenvalue weighted by Gasteiger charge is -2.05. The molecular formula is C17H18O4S. The second kappa shape index (κ2) is 6.75. The average molecular weight is 318 g/mol. The zero-order valence-electron chi connectivity index (χ0n) is 12.3. The average Bonchev–Trinajstić information content (AvgIpc) is 2.46. The normalized spacial score (nSPS) is 11.3. The molecule has 0 aromatic heterocycles. The van der Waals surface area contributed by atoms with Crippen LogP contribution in [0, 0.1) is 0 Å². The third-order valence-corrected chi connectivity index (χ3v) is 4.30. The number of aryl methyl sites for hydroxylation is 1. The van der Waals surface area contributed by atoms with Crippen LogP contribution in [0.25, 0.3) is 0 Å². The summed E-state index contributed by atoms with van der Waals surface area (Å²) in [6.45, 7) is 0. The maximum absolute atomic E-state index is 12.1. The Kier molecular flexibility index (Phi) is 4.98. The molecule has 2 aromatic carbocycles. The third kappa shape index (κ3) is 4.70. The van der Waals surface area contributed by atoms with Gasteiger partial charge < -0.3 is 5.11 Å². The first kappa shape index (κ1) is 16.2. The van der Waals surface area contributed by atoms with Gasteiger partial charge in [-0.3, -0.25) is 4.79 Å². The monoisotopic (exact) mass is 318 g/mol. The van der Waals surface area contributed by atoms with Crippen LogP contribution in [0.2, 0.25) is 0 Å². The maximum atomic E-state index is 12.1. The van der Waals surface area contributed by atoms with Gasteiger partial charge in [-0.05, 0) is 29.7 Å². The van der Waals surface area contributed by atoms with Crippen molar-refractivity contribution in [2.45, 2.75) is 12.8 Å². The number of carbonyl (C=O) groups is 1. The van der Waals surface area contributed by atoms with Crippen molar-refractivity contribution in [3.63, 3.8) is 0 Å². The summed E-state index contributed by atoms with van der Waals surface area (Å²) in [6.07, 6.45) is 1.88. The van der Waals surface area contributed by atoms with Crippen LogP contribution in [-0.2, 0) is 22.7 Å². The van der Waals surface area contributed by atoms with Crippen molar-refractivity contribution < 1.29 is 18.3 Å². The van der Waals surface area contributed by atoms with Crippen LogP contribution in [0.15, 0.2) is 48.5 Å². The summed E-state index contributed by atoms with van der Waals surface area (Å²) in [5, 5.41) is 9.67. The van der Waals surface area contributed by atoms with E-state index in [4.69, 9.17) is 0 Å². The first-order valence-electron chi connectivity index (χ1n) is 6.92. The Morgan fingerprint density at radius 3 is 2.18 bits per heavy atom. The van der Waals surface area contributed by atoms with Crippen molar-refractivity contribution >= 4 is 15.6 Å². The molecule has 0 saturated carbocycles. The van der Waals surface area contributed by atoms with E-state index >= 15 is 0 Å². The molecule has 1 N–H and O–H groups in total. The lowest BCUT2D eigenvalue weighted by Crippen LogP contribution is -2.06. The second-order valence-electron chi connectivity index (χ2n) is 5.31. The Morgan fingerprint density at radius 2 is 1.59 bits per heavy atom. The molecule has 4 nitrogen and oxygen atoms in total. The number of benzene rings is 2. The van der Waals surface area contributed by atoms with Gasteiger partial charge in [-0.2, -0.15) is 0 Å². The summed E-state index contributed by atoms with van der Waals surface area (Å²) in [4.78, 5) is 12.1. The number of ketones is 1. The van der Waals surface area contributed by atoms with E-state index in [1.165, 1.54) is 12.3 Å². The molecular weight excluding hydrogens is 300 g/mol. The fraction of sp³-hybridized carbons (Fsp3) is 0.235. The van der Waals surface area contributed by atoms with Crippen molar-refractivity contribution in [2.75, 3.05) is 12.0 Å². The molecule has 0 radical (unpaired) electrons. The summed E-state index contributed by atoms with van der Waals surface area (Å²) >= 11 is 0. The molecule has 0 aliphatic heterocycles. The summed E-state index contributed by atoms with van der Waals surface area (Å²) in [5.74, 6) is -0.0531. The second-order valence-corrected chi connectivity index (χ2v) is 7.57. The number of para-hydroxylation sites is 1. The maximum Gasteiger partial charge on any atom is 0.170 e. The molecule has 22 heavy (non-hydrogen) atoms. The largest absolute Gasteiger partial charge is 0.507 e. The fourth-order valence-electron chi connectivity index (χ4n) is 2.12. The van der Waals surface area contributed by atoms with E-state index < -0.39 is 9.84 Å². The smallest absolute Gasteiger partial charge is 0.170 e. The van der Waals surface area contributed by atoms with Gasteiger partial charge in [-0.1, -0.05) is 36.4 Å². The lowest BCUT2D eigenvalue weighted by molar-refractivity contribution is 0.0990. The van der Waals surface area contributed by atoms with Crippen molar-refractivity contribution in [2.24, 2.45) is 0 Å². The minimum Gasteiger partial charge on any atom is -0.507 e. The molecule has 0 fully saturated rings. The highest BCUT2D eigenvalue weighted by Crippen LogP contribution is 2.18. The first-order valence-corrected chi connectivity index (χ1v) is 8.98. The number of aromatic hydroxyl groups is 1. The SMILES string of the molecule is CS(=O)(=O)CCc1ccc(CC(=O)c2ccccc2O)cc1. The van der Waals surface area contributed by atoms with E-state index in [0.29, 0.717) is 12.0 Å². The predicted molar refractivity (Wildman–Crippen MR) is 86.0 cm³/mol. The van der Waals surface area contributed by atoms with E-state index in [9.17, 15) is 18.3 Å². The van der Waals surface area contributed by atoms with Crippen LogP contribution in [0.4, 0.5) is 0 Å². The summed E-state index contributed by atoms with van der Waals surface area (Å²) < 4.78 is 22.3. The molecule has 2 rings (SSSR count). The van der Waals surface area contributed by atoms with Gasteiger partial charge in [0.15, 0.2) is 5.78 Å². The van der Waals surface area contributed by atoms with Gasteiger partial charge in [0.05, 0.1) is 11.3 Å². The minimum atomic E-state index is -2.97. The highest BCUT2D eigenvalue weighted by atomic mass is 32.2. The molecule has 0 atom stereocenters. The molecule has 5 heteroatoms. The van der Waals surface area contributed by atoms with Crippen LogP contribution in [0.3, 0.4) is 0 Å². The van der Waals surface area contributed by atoms with E-state index in [1.54, 1.807) is 18.2 Å². The predicted octanol–water partition coefficient (Wildman–Crippen LogP) is 2.40. The summed E-state index contributed by atoms with van der Waals surface area (Å²) in [7, 11) is -2.97. The topological polar surface area (TPSA) is 71.4 Å². The van der Waals surface area contributed by atoms with Gasteiger partial charge >= 0.3 is 0 Å². The van der Waals surface area contributed by atoms with Crippen molar-refractivity contribution in [1.82, 2.24) is 0 Å². The number of carbonyl (C=O) groups excluding carboxylic acids is 1. The van der Waals surface area contributed by atoms with E-state index in [2.05, 4.69) is 0 Å². The Hall–Kier alpha value is -2.14. The number of phenolic OH excluding ortho intramolecular Hbond substituents is 1. The molecule has 0 aliphatic rings. The Morgan fingerprint density at radius 1 is 1.00 bits per heavy atom. The molecule has 0 saturated heterocycles. The summed E-state index contributed by atoms with van der Waals surface area (Å²) in [5.41, 5.74) is 2.06. The number of sulfone groups is 1. The molecule has 2 aromatic rings. The number of phenols is 1. The molecule has 0 heterocycles. The lowest BCUT2D eigenvalue weighted by atomic mass is 10.0. The zero-order valence-corrected chi connectivity index (χ0v) is 13.1. The fourth-order valence-corrected chi connectivity index (χ4v) is 2.72. The highest BCUT2D eigenvalue weighted by molar-refractivity contribution is 7.90. The highest BCUT2D eigenvalue weighted by Gasteiger charge is 2.11. The Labute approximate surface area is 130 Å². The van der Waals surface area contributed by atoms with Crippen LogP contribution in [0.5, 0.6) is 5.75 Å². The van der Waals surface area contributed by atoms with Gasteiger partial charge in [0, 0.05) is 12.7 Å². The number of hydrogen-bond acceptors (Lipinski definition) is 4. The molecule has 0 spiro atoms. The quantitative estimate of drug-likeness (QED) is 0.830. The van der Waals surface area contributed by atoms with E-state index in [1.807, 2.05) is 24.3 Å². The van der Waals surface area contributed by atoms with Crippen molar-refractivity contribution in [1.29, 1.82) is 0 Å². The van der Waals surface area contributed by atoms with Crippen LogP contribution in [-0.4, -0.2) is 31.3 Å². The van der Waals surface area contributed by atoms with Gasteiger partial charge in [0.1, 0.15) is 15.6 Å². The van der Waals surface area contributed by atoms with Crippen LogP contribution >= 0.6 is 0 Å². The molecule has 0 aliphatic carbocycles. The van der Waals surface area contributed by atoms with Crippen molar-refractivity contribution in [3.05, 3.63) is 65.2 Å². The molecule has 116 valence electrons. The van der Waals surface area contributed by atoms with Gasteiger partial charge in [0.25, 0.3) is 0 Å². The Balaban J connectivity index is 2.02. The standard InChI is InChI=1S/C17H18O4S/c1-22(20,21)11-10-13-6-8-14(9-7-13)12-17(19)15-4-2-3-5-16(15)18/h2-9,18H,10-12H2,1H3. The van der Waals surface area contributed by atoms with Crippen molar-refractivity contribution in [3.8, 4) is 5.75 Å². The first-order chi connectivity index (χ1) is 10.3. The van der Waals surface area contributed by atoms with E-state index in [-0.39, 0.29) is 23.7 Å². The molecule has 0 unspecified atom stereocenters.